The molecule has 162 valence electrons. The van der Waals surface area contributed by atoms with Gasteiger partial charge in [0.1, 0.15) is 5.69 Å². The molecule has 0 spiro atoms. The lowest BCUT2D eigenvalue weighted by atomic mass is 9.88. The highest BCUT2D eigenvalue weighted by molar-refractivity contribution is 6.30. The molecule has 0 N–H and O–H groups in total. The highest BCUT2D eigenvalue weighted by Gasteiger charge is 2.22. The van der Waals surface area contributed by atoms with Crippen LogP contribution in [0.3, 0.4) is 0 Å². The van der Waals surface area contributed by atoms with Crippen molar-refractivity contribution in [2.75, 3.05) is 20.2 Å². The Morgan fingerprint density at radius 3 is 2.71 bits per heavy atom. The molecule has 0 amide bonds. The minimum atomic E-state index is -0.379. The third-order valence-corrected chi connectivity index (χ3v) is 6.06. The fourth-order valence-corrected chi connectivity index (χ4v) is 4.59. The molecule has 7 heteroatoms. The van der Waals surface area contributed by atoms with E-state index in [0.29, 0.717) is 17.2 Å². The van der Waals surface area contributed by atoms with Crippen LogP contribution >= 0.6 is 11.6 Å². The average molecular weight is 439 g/mol. The van der Waals surface area contributed by atoms with Crippen LogP contribution in [0.4, 0.5) is 0 Å². The predicted octanol–water partition coefficient (Wildman–Crippen LogP) is 4.61. The number of ether oxygens (including phenoxy) is 1. The van der Waals surface area contributed by atoms with Gasteiger partial charge < -0.3 is 9.30 Å². The molecule has 1 aromatic carbocycles. The minimum absolute atomic E-state index is 0.379. The predicted molar refractivity (Wildman–Crippen MR) is 121 cm³/mol. The number of aromatic nitrogens is 3. The van der Waals surface area contributed by atoms with Crippen molar-refractivity contribution in [2.24, 2.45) is 7.05 Å². The molecule has 0 radical (unpaired) electrons. The number of benzene rings is 1. The van der Waals surface area contributed by atoms with Crippen LogP contribution in [0.5, 0.6) is 0 Å². The first-order valence-corrected chi connectivity index (χ1v) is 10.9. The second-order valence-electron chi connectivity index (χ2n) is 8.20. The van der Waals surface area contributed by atoms with E-state index in [0.717, 1.165) is 49.0 Å². The van der Waals surface area contributed by atoms with Gasteiger partial charge in [0.25, 0.3) is 0 Å². The van der Waals surface area contributed by atoms with E-state index in [2.05, 4.69) is 28.9 Å². The lowest BCUT2D eigenvalue weighted by Gasteiger charge is -2.31. The number of hydrogen-bond donors (Lipinski definition) is 0. The molecule has 6 nitrogen and oxygen atoms in total. The Kier molecular flexibility index (Phi) is 6.39. The Morgan fingerprint density at radius 2 is 2.00 bits per heavy atom. The van der Waals surface area contributed by atoms with Crippen LogP contribution in [0, 0.1) is 6.92 Å². The van der Waals surface area contributed by atoms with Gasteiger partial charge in [0, 0.05) is 31.0 Å². The van der Waals surface area contributed by atoms with Crippen molar-refractivity contribution in [3.63, 3.8) is 0 Å². The molecule has 1 fully saturated rings. The first-order chi connectivity index (χ1) is 14.9. The van der Waals surface area contributed by atoms with Gasteiger partial charge in [0.2, 0.25) is 0 Å². The second kappa shape index (κ2) is 9.20. The third kappa shape index (κ3) is 4.97. The first kappa shape index (κ1) is 21.5. The van der Waals surface area contributed by atoms with Crippen LogP contribution in [-0.4, -0.2) is 45.6 Å². The van der Waals surface area contributed by atoms with E-state index in [1.165, 1.54) is 18.2 Å². The van der Waals surface area contributed by atoms with Crippen LogP contribution in [-0.2, 0) is 18.3 Å². The van der Waals surface area contributed by atoms with E-state index in [9.17, 15) is 4.79 Å². The molecule has 1 saturated heterocycles. The number of carbonyl (C=O) groups is 1. The molecule has 0 atom stereocenters. The summed E-state index contributed by atoms with van der Waals surface area (Å²) in [6, 6.07) is 9.73. The van der Waals surface area contributed by atoms with Gasteiger partial charge in [-0.3, -0.25) is 9.88 Å². The first-order valence-electron chi connectivity index (χ1n) is 10.5. The van der Waals surface area contributed by atoms with Gasteiger partial charge >= 0.3 is 5.97 Å². The zero-order chi connectivity index (χ0) is 22.0. The van der Waals surface area contributed by atoms with Crippen molar-refractivity contribution in [2.45, 2.75) is 32.2 Å². The number of carbonyl (C=O) groups excluding carboxylic acids is 1. The molecule has 2 aromatic heterocycles. The van der Waals surface area contributed by atoms with Crippen molar-refractivity contribution in [3.8, 4) is 11.5 Å². The maximum Gasteiger partial charge on any atom is 0.337 e. The van der Waals surface area contributed by atoms with Gasteiger partial charge in [-0.15, -0.1) is 0 Å². The summed E-state index contributed by atoms with van der Waals surface area (Å²) in [5, 5.41) is 0.823. The second-order valence-corrected chi connectivity index (χ2v) is 8.64. The zero-order valence-electron chi connectivity index (χ0n) is 18.1. The molecule has 1 aliphatic heterocycles. The summed E-state index contributed by atoms with van der Waals surface area (Å²) in [7, 11) is 3.32. The van der Waals surface area contributed by atoms with Crippen LogP contribution in [0.1, 0.15) is 45.9 Å². The molecule has 0 saturated carbocycles. The van der Waals surface area contributed by atoms with Crippen LogP contribution < -0.4 is 0 Å². The van der Waals surface area contributed by atoms with E-state index in [1.54, 1.807) is 18.3 Å². The molecule has 31 heavy (non-hydrogen) atoms. The van der Waals surface area contributed by atoms with E-state index < -0.39 is 0 Å². The maximum atomic E-state index is 11.8. The number of imidazole rings is 1. The number of rotatable bonds is 5. The molecule has 3 heterocycles. The lowest BCUT2D eigenvalue weighted by molar-refractivity contribution is 0.0600. The van der Waals surface area contributed by atoms with Gasteiger partial charge in [0.05, 0.1) is 18.4 Å². The highest BCUT2D eigenvalue weighted by Crippen LogP contribution is 2.31. The van der Waals surface area contributed by atoms with Crippen LogP contribution in [0.25, 0.3) is 11.5 Å². The van der Waals surface area contributed by atoms with Gasteiger partial charge in [-0.2, -0.15) is 0 Å². The standard InChI is InChI=1S/C24H27ClN4O2/c1-16-10-19(12-20(25)11-16)17-5-8-29(9-6-17)15-21-14-28(2)23(27-21)22-13-18(4-7-26-22)24(30)31-3/h4,7,10-14,17H,5-6,8-9,15H2,1-3H3. The Balaban J connectivity index is 1.42. The summed E-state index contributed by atoms with van der Waals surface area (Å²) in [6.45, 7) is 4.95. The van der Waals surface area contributed by atoms with E-state index in [-0.39, 0.29) is 5.97 Å². The van der Waals surface area contributed by atoms with Crippen molar-refractivity contribution in [1.29, 1.82) is 0 Å². The number of esters is 1. The van der Waals surface area contributed by atoms with E-state index in [4.69, 9.17) is 21.3 Å². The normalized spacial score (nSPS) is 15.2. The summed E-state index contributed by atoms with van der Waals surface area (Å²) in [6.07, 6.45) is 5.87. The Hall–Kier alpha value is -2.70. The Bertz CT molecular complexity index is 1070. The molecular formula is C24H27ClN4O2. The van der Waals surface area contributed by atoms with Gasteiger partial charge in [-0.05, 0) is 74.2 Å². The largest absolute Gasteiger partial charge is 0.465 e. The Morgan fingerprint density at radius 1 is 1.23 bits per heavy atom. The number of piperidine rings is 1. The monoisotopic (exact) mass is 438 g/mol. The fourth-order valence-electron chi connectivity index (χ4n) is 4.29. The van der Waals surface area contributed by atoms with Crippen molar-refractivity contribution in [1.82, 2.24) is 19.4 Å². The summed E-state index contributed by atoms with van der Waals surface area (Å²) >= 11 is 6.26. The smallest absolute Gasteiger partial charge is 0.337 e. The highest BCUT2D eigenvalue weighted by atomic mass is 35.5. The topological polar surface area (TPSA) is 60.2 Å². The Labute approximate surface area is 187 Å². The minimum Gasteiger partial charge on any atom is -0.465 e. The lowest BCUT2D eigenvalue weighted by Crippen LogP contribution is -2.32. The van der Waals surface area contributed by atoms with Crippen LogP contribution in [0.2, 0.25) is 5.02 Å². The summed E-state index contributed by atoms with van der Waals surface area (Å²) in [5.74, 6) is 0.916. The number of nitrogens with zero attached hydrogens (tertiary/aromatic N) is 4. The van der Waals surface area contributed by atoms with Gasteiger partial charge in [-0.25, -0.2) is 9.78 Å². The summed E-state index contributed by atoms with van der Waals surface area (Å²) in [5.41, 5.74) is 4.69. The number of likely N-dealkylation sites (tertiary alicyclic amines) is 1. The van der Waals surface area contributed by atoms with Crippen molar-refractivity contribution >= 4 is 17.6 Å². The molecule has 0 unspecified atom stereocenters. The van der Waals surface area contributed by atoms with Gasteiger partial charge in [-0.1, -0.05) is 17.7 Å². The number of hydrogen-bond acceptors (Lipinski definition) is 5. The maximum absolute atomic E-state index is 11.8. The number of methoxy groups -OCH3 is 1. The zero-order valence-corrected chi connectivity index (χ0v) is 18.9. The molecule has 1 aliphatic rings. The van der Waals surface area contributed by atoms with Gasteiger partial charge in [0.15, 0.2) is 5.82 Å². The number of pyridine rings is 1. The molecule has 4 rings (SSSR count). The van der Waals surface area contributed by atoms with Crippen molar-refractivity contribution in [3.05, 3.63) is 70.1 Å². The van der Waals surface area contributed by atoms with E-state index >= 15 is 0 Å². The van der Waals surface area contributed by atoms with Crippen LogP contribution in [0.15, 0.2) is 42.7 Å². The molecule has 3 aromatic rings. The SMILES string of the molecule is COC(=O)c1ccnc(-c2nc(CN3CCC(c4cc(C)cc(Cl)c4)CC3)cn2C)c1. The van der Waals surface area contributed by atoms with Crippen molar-refractivity contribution < 1.29 is 9.53 Å². The summed E-state index contributed by atoms with van der Waals surface area (Å²) in [4.78, 5) is 23.4. The molecular weight excluding hydrogens is 412 g/mol. The van der Waals surface area contributed by atoms with E-state index in [1.807, 2.05) is 23.9 Å². The molecule has 0 bridgehead atoms. The number of aryl methyl sites for hydroxylation is 2. The fraction of sp³-hybridized carbons (Fsp3) is 0.375. The summed E-state index contributed by atoms with van der Waals surface area (Å²) < 4.78 is 6.77. The molecule has 0 aliphatic carbocycles. The third-order valence-electron chi connectivity index (χ3n) is 5.85. The quantitative estimate of drug-likeness (QED) is 0.544. The number of halogens is 1. The average Bonchev–Trinajstić information content (AvgIpc) is 3.13.